The van der Waals surface area contributed by atoms with Crippen LogP contribution in [0.3, 0.4) is 0 Å². The molecular weight excluding hydrogens is 285 g/mol. The molecule has 112 valence electrons. The van der Waals surface area contributed by atoms with Gasteiger partial charge in [0.05, 0.1) is 14.2 Å². The third kappa shape index (κ3) is 3.81. The van der Waals surface area contributed by atoms with Gasteiger partial charge in [-0.05, 0) is 35.4 Å². The monoisotopic (exact) mass is 298 g/mol. The van der Waals surface area contributed by atoms with Crippen molar-refractivity contribution >= 4 is 0 Å². The first-order chi connectivity index (χ1) is 9.93. The lowest BCUT2D eigenvalue weighted by Crippen LogP contribution is -2.16. The van der Waals surface area contributed by atoms with Crippen molar-refractivity contribution in [2.75, 3.05) is 14.2 Å². The van der Waals surface area contributed by atoms with Crippen molar-refractivity contribution in [2.45, 2.75) is 6.36 Å². The Morgan fingerprint density at radius 1 is 0.762 bits per heavy atom. The van der Waals surface area contributed by atoms with Gasteiger partial charge in [-0.2, -0.15) is 0 Å². The number of alkyl halides is 3. The van der Waals surface area contributed by atoms with Crippen LogP contribution < -0.4 is 14.2 Å². The first kappa shape index (κ1) is 15.0. The van der Waals surface area contributed by atoms with Crippen LogP contribution in [-0.2, 0) is 0 Å². The highest BCUT2D eigenvalue weighted by Crippen LogP contribution is 2.33. The van der Waals surface area contributed by atoms with E-state index in [1.54, 1.807) is 30.3 Å². The van der Waals surface area contributed by atoms with E-state index in [0.717, 1.165) is 11.1 Å². The Balaban J connectivity index is 2.26. The van der Waals surface area contributed by atoms with E-state index in [1.165, 1.54) is 26.4 Å². The molecular formula is C15H13F3O3. The normalized spacial score (nSPS) is 11.1. The van der Waals surface area contributed by atoms with Crippen LogP contribution in [0.1, 0.15) is 0 Å². The van der Waals surface area contributed by atoms with E-state index in [9.17, 15) is 13.2 Å². The lowest BCUT2D eigenvalue weighted by atomic mass is 10.1. The molecule has 2 aromatic carbocycles. The summed E-state index contributed by atoms with van der Waals surface area (Å²) < 4.78 is 50.4. The van der Waals surface area contributed by atoms with E-state index in [-0.39, 0.29) is 5.75 Å². The van der Waals surface area contributed by atoms with E-state index < -0.39 is 6.36 Å². The van der Waals surface area contributed by atoms with Gasteiger partial charge in [-0.3, -0.25) is 0 Å². The van der Waals surface area contributed by atoms with E-state index in [4.69, 9.17) is 9.47 Å². The van der Waals surface area contributed by atoms with Crippen LogP contribution in [0.25, 0.3) is 11.1 Å². The Morgan fingerprint density at radius 2 is 1.33 bits per heavy atom. The van der Waals surface area contributed by atoms with Crippen LogP contribution in [0, 0.1) is 0 Å². The van der Waals surface area contributed by atoms with Crippen LogP contribution in [0.5, 0.6) is 17.2 Å². The molecule has 0 aliphatic carbocycles. The zero-order valence-corrected chi connectivity index (χ0v) is 11.4. The van der Waals surface area contributed by atoms with Crippen molar-refractivity contribution in [3.05, 3.63) is 42.5 Å². The first-order valence-corrected chi connectivity index (χ1v) is 6.01. The van der Waals surface area contributed by atoms with Gasteiger partial charge in [0.15, 0.2) is 11.5 Å². The molecule has 0 heterocycles. The molecule has 0 N–H and O–H groups in total. The Morgan fingerprint density at radius 3 is 1.86 bits per heavy atom. The zero-order valence-electron chi connectivity index (χ0n) is 11.4. The summed E-state index contributed by atoms with van der Waals surface area (Å²) in [5.41, 5.74) is 1.54. The topological polar surface area (TPSA) is 27.7 Å². The molecule has 0 unspecified atom stereocenters. The Labute approximate surface area is 119 Å². The van der Waals surface area contributed by atoms with Crippen LogP contribution in [0.2, 0.25) is 0 Å². The summed E-state index contributed by atoms with van der Waals surface area (Å²) >= 11 is 0. The SMILES string of the molecule is COc1ccc(-c2ccc(OC(F)(F)F)cc2)cc1OC. The number of benzene rings is 2. The Kier molecular flexibility index (Phi) is 4.26. The van der Waals surface area contributed by atoms with Gasteiger partial charge < -0.3 is 14.2 Å². The molecule has 0 aliphatic rings. The first-order valence-electron chi connectivity index (χ1n) is 6.01. The maximum Gasteiger partial charge on any atom is 0.573 e. The third-order valence-electron chi connectivity index (χ3n) is 2.80. The number of methoxy groups -OCH3 is 2. The summed E-state index contributed by atoms with van der Waals surface area (Å²) in [6, 6.07) is 10.9. The van der Waals surface area contributed by atoms with Crippen molar-refractivity contribution in [1.29, 1.82) is 0 Å². The van der Waals surface area contributed by atoms with Crippen molar-refractivity contribution in [3.63, 3.8) is 0 Å². The lowest BCUT2D eigenvalue weighted by Gasteiger charge is -2.11. The minimum atomic E-state index is -4.69. The molecule has 3 nitrogen and oxygen atoms in total. The van der Waals surface area contributed by atoms with Gasteiger partial charge in [-0.25, -0.2) is 0 Å². The molecule has 0 saturated carbocycles. The van der Waals surface area contributed by atoms with E-state index in [1.807, 2.05) is 0 Å². The smallest absolute Gasteiger partial charge is 0.493 e. The predicted molar refractivity (Wildman–Crippen MR) is 71.7 cm³/mol. The molecule has 6 heteroatoms. The molecule has 0 aliphatic heterocycles. The summed E-state index contributed by atoms with van der Waals surface area (Å²) in [4.78, 5) is 0. The van der Waals surface area contributed by atoms with Crippen LogP contribution >= 0.6 is 0 Å². The number of hydrogen-bond acceptors (Lipinski definition) is 3. The van der Waals surface area contributed by atoms with Gasteiger partial charge in [0.1, 0.15) is 5.75 Å². The Hall–Kier alpha value is -2.37. The highest BCUT2D eigenvalue weighted by molar-refractivity contribution is 5.67. The van der Waals surface area contributed by atoms with Gasteiger partial charge in [0.2, 0.25) is 0 Å². The van der Waals surface area contributed by atoms with E-state index >= 15 is 0 Å². The molecule has 0 bridgehead atoms. The second-order valence-corrected chi connectivity index (χ2v) is 4.14. The van der Waals surface area contributed by atoms with Gasteiger partial charge in [-0.15, -0.1) is 13.2 Å². The molecule has 0 radical (unpaired) electrons. The average Bonchev–Trinajstić information content (AvgIpc) is 2.45. The highest BCUT2D eigenvalue weighted by Gasteiger charge is 2.30. The molecule has 0 amide bonds. The van der Waals surface area contributed by atoms with Gasteiger partial charge >= 0.3 is 6.36 Å². The van der Waals surface area contributed by atoms with E-state index in [0.29, 0.717) is 11.5 Å². The molecule has 2 aromatic rings. The van der Waals surface area contributed by atoms with Gasteiger partial charge in [-0.1, -0.05) is 18.2 Å². The molecule has 0 spiro atoms. The fraction of sp³-hybridized carbons (Fsp3) is 0.200. The quantitative estimate of drug-likeness (QED) is 0.843. The van der Waals surface area contributed by atoms with Crippen LogP contribution in [-0.4, -0.2) is 20.6 Å². The third-order valence-corrected chi connectivity index (χ3v) is 2.80. The molecule has 0 atom stereocenters. The van der Waals surface area contributed by atoms with Gasteiger partial charge in [0.25, 0.3) is 0 Å². The largest absolute Gasteiger partial charge is 0.573 e. The summed E-state index contributed by atoms with van der Waals surface area (Å²) in [7, 11) is 3.04. The minimum absolute atomic E-state index is 0.258. The van der Waals surface area contributed by atoms with Crippen molar-refractivity contribution in [2.24, 2.45) is 0 Å². The maximum atomic E-state index is 12.1. The maximum absolute atomic E-state index is 12.1. The summed E-state index contributed by atoms with van der Waals surface area (Å²) in [5, 5.41) is 0. The fourth-order valence-corrected chi connectivity index (χ4v) is 1.86. The second-order valence-electron chi connectivity index (χ2n) is 4.14. The summed E-state index contributed by atoms with van der Waals surface area (Å²) in [5.74, 6) is 0.871. The predicted octanol–water partition coefficient (Wildman–Crippen LogP) is 4.27. The Bertz CT molecular complexity index is 607. The molecule has 21 heavy (non-hydrogen) atoms. The van der Waals surface area contributed by atoms with Crippen LogP contribution in [0.4, 0.5) is 13.2 Å². The molecule has 0 aromatic heterocycles. The number of hydrogen-bond donors (Lipinski definition) is 0. The second kappa shape index (κ2) is 5.95. The molecule has 0 fully saturated rings. The molecule has 0 saturated heterocycles. The highest BCUT2D eigenvalue weighted by atomic mass is 19.4. The average molecular weight is 298 g/mol. The van der Waals surface area contributed by atoms with Crippen molar-refractivity contribution < 1.29 is 27.4 Å². The summed E-state index contributed by atoms with van der Waals surface area (Å²) in [6.07, 6.45) is -4.69. The molecule has 2 rings (SSSR count). The fourth-order valence-electron chi connectivity index (χ4n) is 1.86. The van der Waals surface area contributed by atoms with E-state index in [2.05, 4.69) is 4.74 Å². The van der Waals surface area contributed by atoms with Gasteiger partial charge in [0, 0.05) is 0 Å². The lowest BCUT2D eigenvalue weighted by molar-refractivity contribution is -0.274. The standard InChI is InChI=1S/C15H13F3O3/c1-19-13-8-5-11(9-14(13)20-2)10-3-6-12(7-4-10)21-15(16,17)18/h3-9H,1-2H3. The van der Waals surface area contributed by atoms with Crippen LogP contribution in [0.15, 0.2) is 42.5 Å². The summed E-state index contributed by atoms with van der Waals surface area (Å²) in [6.45, 7) is 0. The number of ether oxygens (including phenoxy) is 3. The number of halogens is 3. The number of rotatable bonds is 4. The minimum Gasteiger partial charge on any atom is -0.493 e. The zero-order chi connectivity index (χ0) is 15.5. The van der Waals surface area contributed by atoms with Crippen molar-refractivity contribution in [3.8, 4) is 28.4 Å². The van der Waals surface area contributed by atoms with Crippen molar-refractivity contribution in [1.82, 2.24) is 0 Å².